The Labute approximate surface area is 145 Å². The molecular formula is C14H22CaO4. The monoisotopic (exact) mass is 294 g/mol. The number of carboxylic acids is 2. The minimum Gasteiger partial charge on any atom is -0.545 e. The summed E-state index contributed by atoms with van der Waals surface area (Å²) in [4.78, 5) is 20.3. The summed E-state index contributed by atoms with van der Waals surface area (Å²) in [5, 5.41) is 20.3. The molecule has 0 radical (unpaired) electrons. The Hall–Kier alpha value is -0.320. The fraction of sp³-hybridized carbons (Fsp3) is 0.571. The van der Waals surface area contributed by atoms with Crippen molar-refractivity contribution in [2.45, 2.75) is 53.4 Å². The predicted octanol–water partition coefficient (Wildman–Crippen LogP) is 0.585. The molecule has 0 bridgehead atoms. The van der Waals surface area contributed by atoms with Gasteiger partial charge in [-0.3, -0.25) is 0 Å². The first-order valence-corrected chi connectivity index (χ1v) is 6.25. The standard InChI is InChI=1S/2C7H12O2.Ca/c2*1-3-5-6(4-2)7(8)9;/h2*5H,3-4H2,1-2H3,(H,8,9);/q;;+2/p-2/b2*6-5-;. The number of aliphatic carboxylic acids is 2. The molecule has 0 saturated heterocycles. The zero-order chi connectivity index (χ0) is 14.6. The molecule has 0 amide bonds. The van der Waals surface area contributed by atoms with Gasteiger partial charge in [-0.2, -0.15) is 0 Å². The van der Waals surface area contributed by atoms with Crippen LogP contribution in [-0.4, -0.2) is 49.7 Å². The fourth-order valence-electron chi connectivity index (χ4n) is 1.24. The molecule has 0 aliphatic heterocycles. The average Bonchev–Trinajstić information content (AvgIpc) is 2.32. The van der Waals surface area contributed by atoms with E-state index < -0.39 is 11.9 Å². The Kier molecular flexibility index (Phi) is 19.7. The Bertz CT molecular complexity index is 287. The van der Waals surface area contributed by atoms with Crippen LogP contribution in [-0.2, 0) is 9.59 Å². The molecule has 5 heteroatoms. The third-order valence-corrected chi connectivity index (χ3v) is 2.19. The molecule has 0 spiro atoms. The maximum atomic E-state index is 10.1. The molecule has 0 atom stereocenters. The van der Waals surface area contributed by atoms with Gasteiger partial charge in [0.15, 0.2) is 0 Å². The smallest absolute Gasteiger partial charge is 0.545 e. The second kappa shape index (κ2) is 15.7. The van der Waals surface area contributed by atoms with Crippen molar-refractivity contribution in [1.82, 2.24) is 0 Å². The van der Waals surface area contributed by atoms with Crippen molar-refractivity contribution in [3.8, 4) is 0 Å². The van der Waals surface area contributed by atoms with E-state index in [9.17, 15) is 19.8 Å². The van der Waals surface area contributed by atoms with Crippen molar-refractivity contribution in [1.29, 1.82) is 0 Å². The van der Waals surface area contributed by atoms with Gasteiger partial charge in [0.05, 0.1) is 11.9 Å². The number of allylic oxidation sites excluding steroid dienone is 2. The van der Waals surface area contributed by atoms with Crippen LogP contribution in [0.2, 0.25) is 0 Å². The number of rotatable bonds is 6. The Morgan fingerprint density at radius 3 is 1.11 bits per heavy atom. The predicted molar refractivity (Wildman–Crippen MR) is 73.1 cm³/mol. The zero-order valence-electron chi connectivity index (χ0n) is 12.3. The van der Waals surface area contributed by atoms with Crippen LogP contribution in [0.5, 0.6) is 0 Å². The molecular weight excluding hydrogens is 272 g/mol. The van der Waals surface area contributed by atoms with E-state index in [4.69, 9.17) is 0 Å². The molecule has 0 saturated carbocycles. The first-order chi connectivity index (χ1) is 8.44. The van der Waals surface area contributed by atoms with Crippen LogP contribution in [0.15, 0.2) is 23.3 Å². The molecule has 0 aromatic carbocycles. The number of carbonyl (C=O) groups excluding carboxylic acids is 2. The quantitative estimate of drug-likeness (QED) is 0.530. The Morgan fingerprint density at radius 1 is 0.789 bits per heavy atom. The van der Waals surface area contributed by atoms with E-state index in [0.717, 1.165) is 12.8 Å². The van der Waals surface area contributed by atoms with Crippen LogP contribution in [0.1, 0.15) is 53.4 Å². The van der Waals surface area contributed by atoms with E-state index in [0.29, 0.717) is 24.0 Å². The van der Waals surface area contributed by atoms with E-state index in [2.05, 4.69) is 0 Å². The van der Waals surface area contributed by atoms with E-state index in [1.165, 1.54) is 0 Å². The summed E-state index contributed by atoms with van der Waals surface area (Å²) < 4.78 is 0. The molecule has 19 heavy (non-hydrogen) atoms. The van der Waals surface area contributed by atoms with Crippen molar-refractivity contribution in [2.75, 3.05) is 0 Å². The van der Waals surface area contributed by atoms with Crippen LogP contribution < -0.4 is 10.2 Å². The summed E-state index contributed by atoms with van der Waals surface area (Å²) in [7, 11) is 0. The number of hydrogen-bond donors (Lipinski definition) is 0. The zero-order valence-corrected chi connectivity index (χ0v) is 14.5. The first kappa shape index (κ1) is 23.7. The molecule has 0 aliphatic rings. The SMILES string of the molecule is CC/C=C(/CC)C(=O)[O-].CC/C=C(/CC)C(=O)[O-].[Ca+2]. The Balaban J connectivity index is -0.000000256. The molecule has 0 aromatic rings. The number of hydrogen-bond acceptors (Lipinski definition) is 4. The van der Waals surface area contributed by atoms with Crippen LogP contribution in [0.3, 0.4) is 0 Å². The normalized spacial score (nSPS) is 10.9. The molecule has 0 aliphatic carbocycles. The largest absolute Gasteiger partial charge is 2.00 e. The van der Waals surface area contributed by atoms with E-state index in [-0.39, 0.29) is 37.7 Å². The average molecular weight is 294 g/mol. The van der Waals surface area contributed by atoms with Gasteiger partial charge in [-0.1, -0.05) is 39.8 Å². The van der Waals surface area contributed by atoms with E-state index >= 15 is 0 Å². The third-order valence-electron chi connectivity index (χ3n) is 2.19. The molecule has 0 rings (SSSR count). The topological polar surface area (TPSA) is 80.3 Å². The maximum Gasteiger partial charge on any atom is 2.00 e. The van der Waals surface area contributed by atoms with Gasteiger partial charge < -0.3 is 19.8 Å². The minimum atomic E-state index is -1.04. The molecule has 104 valence electrons. The van der Waals surface area contributed by atoms with Crippen LogP contribution in [0, 0.1) is 0 Å². The van der Waals surface area contributed by atoms with E-state index in [1.54, 1.807) is 26.0 Å². The van der Waals surface area contributed by atoms with E-state index in [1.807, 2.05) is 13.8 Å². The van der Waals surface area contributed by atoms with Crippen molar-refractivity contribution in [2.24, 2.45) is 0 Å². The summed E-state index contributed by atoms with van der Waals surface area (Å²) >= 11 is 0. The fourth-order valence-corrected chi connectivity index (χ4v) is 1.24. The summed E-state index contributed by atoms with van der Waals surface area (Å²) in [6.45, 7) is 7.41. The minimum absolute atomic E-state index is 0. The molecule has 0 unspecified atom stereocenters. The van der Waals surface area contributed by atoms with Crippen molar-refractivity contribution in [3.63, 3.8) is 0 Å². The van der Waals surface area contributed by atoms with Crippen molar-refractivity contribution >= 4 is 49.7 Å². The van der Waals surface area contributed by atoms with Crippen molar-refractivity contribution < 1.29 is 19.8 Å². The third kappa shape index (κ3) is 13.9. The van der Waals surface area contributed by atoms with Gasteiger partial charge in [-0.05, 0) is 36.8 Å². The second-order valence-corrected chi connectivity index (χ2v) is 3.56. The summed E-state index contributed by atoms with van der Waals surface area (Å²) in [6, 6.07) is 0. The summed E-state index contributed by atoms with van der Waals surface area (Å²) in [6.07, 6.45) is 5.98. The van der Waals surface area contributed by atoms with Gasteiger partial charge in [0.2, 0.25) is 0 Å². The van der Waals surface area contributed by atoms with Gasteiger partial charge in [-0.15, -0.1) is 0 Å². The van der Waals surface area contributed by atoms with Crippen LogP contribution in [0.25, 0.3) is 0 Å². The second-order valence-electron chi connectivity index (χ2n) is 3.56. The summed E-state index contributed by atoms with van der Waals surface area (Å²) in [5.41, 5.74) is 0.801. The first-order valence-electron chi connectivity index (χ1n) is 6.25. The Morgan fingerprint density at radius 2 is 1.05 bits per heavy atom. The molecule has 4 nitrogen and oxygen atoms in total. The molecule has 0 fully saturated rings. The van der Waals surface area contributed by atoms with Crippen molar-refractivity contribution in [3.05, 3.63) is 23.3 Å². The summed E-state index contributed by atoms with van der Waals surface area (Å²) in [5.74, 6) is -2.08. The van der Waals surface area contributed by atoms with Gasteiger partial charge >= 0.3 is 37.7 Å². The van der Waals surface area contributed by atoms with Crippen LogP contribution in [0.4, 0.5) is 0 Å². The molecule has 0 aromatic heterocycles. The van der Waals surface area contributed by atoms with Gasteiger partial charge in [0, 0.05) is 0 Å². The molecule has 0 N–H and O–H groups in total. The van der Waals surface area contributed by atoms with Crippen LogP contribution >= 0.6 is 0 Å². The number of carbonyl (C=O) groups is 2. The van der Waals surface area contributed by atoms with Gasteiger partial charge in [0.1, 0.15) is 0 Å². The number of carboxylic acid groups (broad SMARTS) is 2. The van der Waals surface area contributed by atoms with Gasteiger partial charge in [-0.25, -0.2) is 0 Å². The maximum absolute atomic E-state index is 10.1. The molecule has 0 heterocycles. The van der Waals surface area contributed by atoms with Gasteiger partial charge in [0.25, 0.3) is 0 Å².